The standard InChI is InChI=1S/C16H24O4/c1-10(17)11-8-12(14(2,3)4)13(18)16(9-11,20-19)15(5,6)7/h8-9,19H,1-7H3. The van der Waals surface area contributed by atoms with Gasteiger partial charge in [-0.15, -0.1) is 0 Å². The van der Waals surface area contributed by atoms with E-state index in [1.807, 2.05) is 20.8 Å². The first-order chi connectivity index (χ1) is 8.87. The summed E-state index contributed by atoms with van der Waals surface area (Å²) in [6, 6.07) is 0. The van der Waals surface area contributed by atoms with Crippen LogP contribution in [0, 0.1) is 10.8 Å². The van der Waals surface area contributed by atoms with Crippen LogP contribution in [-0.4, -0.2) is 22.4 Å². The fraction of sp³-hybridized carbons (Fsp3) is 0.625. The Morgan fingerprint density at radius 3 is 2.00 bits per heavy atom. The van der Waals surface area contributed by atoms with Crippen LogP contribution in [0.25, 0.3) is 0 Å². The zero-order valence-corrected chi connectivity index (χ0v) is 13.3. The molecule has 0 aromatic carbocycles. The Kier molecular flexibility index (Phi) is 4.14. The Hall–Kier alpha value is -1.26. The maximum atomic E-state index is 12.8. The zero-order chi connectivity index (χ0) is 15.9. The number of hydrogen-bond acceptors (Lipinski definition) is 4. The second-order valence-electron chi connectivity index (χ2n) is 7.37. The van der Waals surface area contributed by atoms with Crippen molar-refractivity contribution in [3.8, 4) is 0 Å². The third-order valence-corrected chi connectivity index (χ3v) is 3.71. The van der Waals surface area contributed by atoms with Crippen molar-refractivity contribution >= 4 is 11.6 Å². The molecule has 4 heteroatoms. The second-order valence-corrected chi connectivity index (χ2v) is 7.37. The van der Waals surface area contributed by atoms with Crippen LogP contribution >= 0.6 is 0 Å². The van der Waals surface area contributed by atoms with Crippen molar-refractivity contribution in [3.63, 3.8) is 0 Å². The molecule has 0 aromatic heterocycles. The maximum Gasteiger partial charge on any atom is 0.199 e. The molecule has 0 spiro atoms. The van der Waals surface area contributed by atoms with Gasteiger partial charge in [0.1, 0.15) is 0 Å². The van der Waals surface area contributed by atoms with Crippen LogP contribution < -0.4 is 0 Å². The molecule has 0 radical (unpaired) electrons. The first-order valence-electron chi connectivity index (χ1n) is 6.70. The first-order valence-corrected chi connectivity index (χ1v) is 6.70. The molecule has 1 aliphatic carbocycles. The summed E-state index contributed by atoms with van der Waals surface area (Å²) in [5, 5.41) is 9.43. The fourth-order valence-electron chi connectivity index (χ4n) is 2.27. The smallest absolute Gasteiger partial charge is 0.199 e. The molecule has 0 saturated heterocycles. The molecule has 0 saturated carbocycles. The van der Waals surface area contributed by atoms with Crippen LogP contribution in [-0.2, 0) is 14.5 Å². The normalized spacial score (nSPS) is 24.3. The van der Waals surface area contributed by atoms with Crippen molar-refractivity contribution in [1.29, 1.82) is 0 Å². The van der Waals surface area contributed by atoms with Crippen molar-refractivity contribution in [3.05, 3.63) is 23.3 Å². The molecule has 0 fully saturated rings. The average Bonchev–Trinajstić information content (AvgIpc) is 2.25. The van der Waals surface area contributed by atoms with Crippen LogP contribution in [0.2, 0.25) is 0 Å². The highest BCUT2D eigenvalue weighted by Crippen LogP contribution is 2.44. The van der Waals surface area contributed by atoms with Gasteiger partial charge in [-0.2, -0.15) is 0 Å². The molecular weight excluding hydrogens is 256 g/mol. The molecule has 4 nitrogen and oxygen atoms in total. The van der Waals surface area contributed by atoms with Gasteiger partial charge in [0.25, 0.3) is 0 Å². The summed E-state index contributed by atoms with van der Waals surface area (Å²) in [4.78, 5) is 29.2. The van der Waals surface area contributed by atoms with Gasteiger partial charge in [-0.1, -0.05) is 41.5 Å². The largest absolute Gasteiger partial charge is 0.295 e. The van der Waals surface area contributed by atoms with Gasteiger partial charge in [-0.25, -0.2) is 4.89 Å². The molecular formula is C16H24O4. The minimum atomic E-state index is -1.54. The maximum absolute atomic E-state index is 12.8. The molecule has 0 aromatic rings. The van der Waals surface area contributed by atoms with Crippen molar-refractivity contribution in [1.82, 2.24) is 0 Å². The molecule has 1 rings (SSSR count). The van der Waals surface area contributed by atoms with E-state index >= 15 is 0 Å². The summed E-state index contributed by atoms with van der Waals surface area (Å²) in [6.07, 6.45) is 3.04. The summed E-state index contributed by atoms with van der Waals surface area (Å²) in [6.45, 7) is 12.5. The molecule has 1 N–H and O–H groups in total. The van der Waals surface area contributed by atoms with E-state index in [9.17, 15) is 14.8 Å². The fourth-order valence-corrected chi connectivity index (χ4v) is 2.27. The predicted molar refractivity (Wildman–Crippen MR) is 77.2 cm³/mol. The summed E-state index contributed by atoms with van der Waals surface area (Å²) < 4.78 is 0. The quantitative estimate of drug-likeness (QED) is 0.622. The summed E-state index contributed by atoms with van der Waals surface area (Å²) in [5.74, 6) is -0.463. The Morgan fingerprint density at radius 2 is 1.70 bits per heavy atom. The van der Waals surface area contributed by atoms with Gasteiger partial charge in [0.2, 0.25) is 0 Å². The summed E-state index contributed by atoms with van der Waals surface area (Å²) in [7, 11) is 0. The molecule has 0 heterocycles. The topological polar surface area (TPSA) is 63.6 Å². The van der Waals surface area contributed by atoms with E-state index in [4.69, 9.17) is 0 Å². The van der Waals surface area contributed by atoms with Crippen molar-refractivity contribution in [2.75, 3.05) is 0 Å². The van der Waals surface area contributed by atoms with Crippen molar-refractivity contribution in [2.45, 2.75) is 54.1 Å². The lowest BCUT2D eigenvalue weighted by atomic mass is 9.65. The number of hydrogen-bond donors (Lipinski definition) is 1. The van der Waals surface area contributed by atoms with Gasteiger partial charge >= 0.3 is 0 Å². The SMILES string of the molecule is CC(=O)C1=CC(OO)(C(C)(C)C)C(=O)C(C(C)(C)C)=C1. The molecule has 1 unspecified atom stereocenters. The van der Waals surface area contributed by atoms with Gasteiger partial charge in [-0.3, -0.25) is 14.8 Å². The summed E-state index contributed by atoms with van der Waals surface area (Å²) in [5.41, 5.74) is -1.80. The van der Waals surface area contributed by atoms with Gasteiger partial charge in [-0.05, 0) is 24.5 Å². The van der Waals surface area contributed by atoms with E-state index in [-0.39, 0.29) is 11.6 Å². The van der Waals surface area contributed by atoms with Gasteiger partial charge < -0.3 is 0 Å². The molecule has 0 aliphatic heterocycles. The number of carbonyl (C=O) groups excluding carboxylic acids is 2. The molecule has 112 valence electrons. The average molecular weight is 280 g/mol. The van der Waals surface area contributed by atoms with E-state index in [2.05, 4.69) is 4.89 Å². The first kappa shape index (κ1) is 16.8. The number of carbonyl (C=O) groups is 2. The van der Waals surface area contributed by atoms with E-state index < -0.39 is 16.4 Å². The number of allylic oxidation sites excluding steroid dienone is 2. The van der Waals surface area contributed by atoms with Crippen molar-refractivity contribution in [2.24, 2.45) is 10.8 Å². The lowest BCUT2D eigenvalue weighted by Crippen LogP contribution is -2.53. The molecule has 0 bridgehead atoms. The molecule has 0 amide bonds. The highest BCUT2D eigenvalue weighted by Gasteiger charge is 2.53. The third-order valence-electron chi connectivity index (χ3n) is 3.71. The van der Waals surface area contributed by atoms with E-state index in [0.717, 1.165) is 0 Å². The predicted octanol–water partition coefficient (Wildman–Crippen LogP) is 3.33. The zero-order valence-electron chi connectivity index (χ0n) is 13.3. The Morgan fingerprint density at radius 1 is 1.20 bits per heavy atom. The number of rotatable bonds is 2. The Labute approximate surface area is 120 Å². The number of ketones is 2. The third kappa shape index (κ3) is 2.63. The Bertz CT molecular complexity index is 498. The van der Waals surface area contributed by atoms with Crippen LogP contribution in [0.15, 0.2) is 23.3 Å². The van der Waals surface area contributed by atoms with Gasteiger partial charge in [0.05, 0.1) is 0 Å². The van der Waals surface area contributed by atoms with Gasteiger partial charge in [0, 0.05) is 16.6 Å². The lowest BCUT2D eigenvalue weighted by Gasteiger charge is -2.42. The van der Waals surface area contributed by atoms with Gasteiger partial charge in [0.15, 0.2) is 17.2 Å². The second kappa shape index (κ2) is 4.93. The van der Waals surface area contributed by atoms with Crippen molar-refractivity contribution < 1.29 is 19.7 Å². The monoisotopic (exact) mass is 280 g/mol. The highest BCUT2D eigenvalue weighted by atomic mass is 17.1. The highest BCUT2D eigenvalue weighted by molar-refractivity contribution is 6.11. The Balaban J connectivity index is 3.62. The molecule has 1 atom stereocenters. The van der Waals surface area contributed by atoms with Crippen LogP contribution in [0.4, 0.5) is 0 Å². The minimum absolute atomic E-state index is 0.162. The lowest BCUT2D eigenvalue weighted by molar-refractivity contribution is -0.318. The van der Waals surface area contributed by atoms with Crippen LogP contribution in [0.3, 0.4) is 0 Å². The minimum Gasteiger partial charge on any atom is -0.295 e. The van der Waals surface area contributed by atoms with Crippen LogP contribution in [0.1, 0.15) is 48.5 Å². The summed E-state index contributed by atoms with van der Waals surface area (Å²) >= 11 is 0. The molecule has 1 aliphatic rings. The van der Waals surface area contributed by atoms with E-state index in [0.29, 0.717) is 11.1 Å². The number of Topliss-reactive ketones (excluding diaryl/α,β-unsaturated/α-hetero) is 2. The van der Waals surface area contributed by atoms with E-state index in [1.54, 1.807) is 26.8 Å². The van der Waals surface area contributed by atoms with E-state index in [1.165, 1.54) is 13.0 Å². The molecule has 20 heavy (non-hydrogen) atoms. The van der Waals surface area contributed by atoms with Crippen LogP contribution in [0.5, 0.6) is 0 Å².